The quantitative estimate of drug-likeness (QED) is 0.278. The van der Waals surface area contributed by atoms with Crippen molar-refractivity contribution >= 4 is 34.4 Å². The molecular formula is C26H27N5O2. The number of carbonyl (C=O) groups is 1. The highest BCUT2D eigenvalue weighted by molar-refractivity contribution is 5.89. The van der Waals surface area contributed by atoms with Gasteiger partial charge in [-0.1, -0.05) is 0 Å². The fourth-order valence-electron chi connectivity index (χ4n) is 3.58. The van der Waals surface area contributed by atoms with Crippen molar-refractivity contribution in [1.82, 2.24) is 0 Å². The molecule has 1 heterocycles. The number of ether oxygens (including phenoxy) is 1. The number of azo groups is 2. The molecule has 7 nitrogen and oxygen atoms in total. The fourth-order valence-corrected chi connectivity index (χ4v) is 3.58. The molecule has 4 rings (SSSR count). The van der Waals surface area contributed by atoms with Crippen LogP contribution in [0.25, 0.3) is 0 Å². The van der Waals surface area contributed by atoms with Gasteiger partial charge >= 0.3 is 5.97 Å². The summed E-state index contributed by atoms with van der Waals surface area (Å²) in [6.45, 7) is 4.38. The summed E-state index contributed by atoms with van der Waals surface area (Å²) in [6.07, 6.45) is 3.85. The molecule has 7 heteroatoms. The third-order valence-corrected chi connectivity index (χ3v) is 5.36. The molecular weight excluding hydrogens is 414 g/mol. The summed E-state index contributed by atoms with van der Waals surface area (Å²) in [5.74, 6) is -0.344. The lowest BCUT2D eigenvalue weighted by molar-refractivity contribution is 0.0526. The third-order valence-electron chi connectivity index (χ3n) is 5.36. The molecule has 0 N–H and O–H groups in total. The van der Waals surface area contributed by atoms with E-state index in [1.165, 1.54) is 24.9 Å². The molecule has 3 aromatic carbocycles. The van der Waals surface area contributed by atoms with Crippen LogP contribution in [-0.4, -0.2) is 25.7 Å². The zero-order chi connectivity index (χ0) is 22.9. The van der Waals surface area contributed by atoms with Crippen molar-refractivity contribution in [2.75, 3.05) is 24.6 Å². The SMILES string of the molecule is CCOC(=O)c1ccc(N=Nc2ccc(N=Nc3ccc(N4CCCCC4)cc3)cc2)cc1. The Labute approximate surface area is 193 Å². The summed E-state index contributed by atoms with van der Waals surface area (Å²) in [7, 11) is 0. The van der Waals surface area contributed by atoms with Crippen molar-refractivity contribution in [3.63, 3.8) is 0 Å². The number of anilines is 1. The molecule has 1 aliphatic rings. The first-order valence-electron chi connectivity index (χ1n) is 11.3. The highest BCUT2D eigenvalue weighted by atomic mass is 16.5. The van der Waals surface area contributed by atoms with Crippen LogP contribution in [0.15, 0.2) is 93.3 Å². The van der Waals surface area contributed by atoms with Crippen molar-refractivity contribution in [2.45, 2.75) is 26.2 Å². The number of nitrogens with zero attached hydrogens (tertiary/aromatic N) is 5. The highest BCUT2D eigenvalue weighted by Gasteiger charge is 2.10. The van der Waals surface area contributed by atoms with Crippen LogP contribution in [0.4, 0.5) is 28.4 Å². The molecule has 0 bridgehead atoms. The minimum absolute atomic E-state index is 0.344. The first kappa shape index (κ1) is 22.3. The lowest BCUT2D eigenvalue weighted by atomic mass is 10.1. The van der Waals surface area contributed by atoms with Crippen LogP contribution in [0.5, 0.6) is 0 Å². The van der Waals surface area contributed by atoms with Crippen LogP contribution in [0.2, 0.25) is 0 Å². The maximum atomic E-state index is 11.7. The molecule has 0 saturated carbocycles. The normalized spacial score (nSPS) is 14.2. The number of hydrogen-bond donors (Lipinski definition) is 0. The number of hydrogen-bond acceptors (Lipinski definition) is 7. The third kappa shape index (κ3) is 6.32. The smallest absolute Gasteiger partial charge is 0.338 e. The molecule has 0 radical (unpaired) electrons. The largest absolute Gasteiger partial charge is 0.462 e. The van der Waals surface area contributed by atoms with E-state index >= 15 is 0 Å². The number of benzene rings is 3. The maximum absolute atomic E-state index is 11.7. The Balaban J connectivity index is 1.33. The molecule has 168 valence electrons. The molecule has 0 aromatic heterocycles. The Hall–Kier alpha value is -3.87. The maximum Gasteiger partial charge on any atom is 0.338 e. The molecule has 33 heavy (non-hydrogen) atoms. The van der Waals surface area contributed by atoms with E-state index < -0.39 is 0 Å². The van der Waals surface area contributed by atoms with Crippen molar-refractivity contribution in [2.24, 2.45) is 20.5 Å². The van der Waals surface area contributed by atoms with Gasteiger partial charge in [0.15, 0.2) is 0 Å². The Morgan fingerprint density at radius 2 is 1.12 bits per heavy atom. The first-order chi connectivity index (χ1) is 16.2. The van der Waals surface area contributed by atoms with Gasteiger partial charge in [0.1, 0.15) is 0 Å². The molecule has 1 fully saturated rings. The molecule has 1 saturated heterocycles. The van der Waals surface area contributed by atoms with Gasteiger partial charge in [-0.15, -0.1) is 0 Å². The van der Waals surface area contributed by atoms with Crippen LogP contribution >= 0.6 is 0 Å². The van der Waals surface area contributed by atoms with Gasteiger partial charge in [0, 0.05) is 18.8 Å². The van der Waals surface area contributed by atoms with Gasteiger partial charge in [-0.2, -0.15) is 20.5 Å². The minimum Gasteiger partial charge on any atom is -0.462 e. The Morgan fingerprint density at radius 3 is 1.58 bits per heavy atom. The van der Waals surface area contributed by atoms with E-state index in [1.807, 2.05) is 36.4 Å². The standard InChI is InChI=1S/C26H27N5O2/c1-2-33-26(32)20-6-8-21(9-7-20)27-28-22-10-12-23(13-11-22)29-30-24-14-16-25(17-15-24)31-18-4-3-5-19-31/h6-17H,2-5,18-19H2,1H3. The van der Waals surface area contributed by atoms with Crippen molar-refractivity contribution in [1.29, 1.82) is 0 Å². The van der Waals surface area contributed by atoms with E-state index in [4.69, 9.17) is 4.74 Å². The summed E-state index contributed by atoms with van der Waals surface area (Å²) < 4.78 is 4.98. The van der Waals surface area contributed by atoms with Gasteiger partial charge in [0.25, 0.3) is 0 Å². The minimum atomic E-state index is -0.344. The zero-order valence-electron chi connectivity index (χ0n) is 18.7. The second-order valence-corrected chi connectivity index (χ2v) is 7.75. The van der Waals surface area contributed by atoms with E-state index in [-0.39, 0.29) is 5.97 Å². The van der Waals surface area contributed by atoms with E-state index in [9.17, 15) is 4.79 Å². The Kier molecular flexibility index (Phi) is 7.53. The van der Waals surface area contributed by atoms with E-state index in [1.54, 1.807) is 31.2 Å². The van der Waals surface area contributed by atoms with Crippen LogP contribution in [0.3, 0.4) is 0 Å². The predicted molar refractivity (Wildman–Crippen MR) is 130 cm³/mol. The van der Waals surface area contributed by atoms with Crippen molar-refractivity contribution < 1.29 is 9.53 Å². The number of esters is 1. The highest BCUT2D eigenvalue weighted by Crippen LogP contribution is 2.26. The first-order valence-corrected chi connectivity index (χ1v) is 11.3. The van der Waals surface area contributed by atoms with E-state index in [0.29, 0.717) is 23.5 Å². The van der Waals surface area contributed by atoms with Crippen LogP contribution < -0.4 is 4.90 Å². The molecule has 1 aliphatic heterocycles. The summed E-state index contributed by atoms with van der Waals surface area (Å²) in [6, 6.07) is 22.4. The zero-order valence-corrected chi connectivity index (χ0v) is 18.7. The van der Waals surface area contributed by atoms with Gasteiger partial charge in [-0.3, -0.25) is 0 Å². The average Bonchev–Trinajstić information content (AvgIpc) is 2.88. The van der Waals surface area contributed by atoms with Gasteiger partial charge in [-0.25, -0.2) is 4.79 Å². The van der Waals surface area contributed by atoms with Gasteiger partial charge in [0.05, 0.1) is 34.9 Å². The van der Waals surface area contributed by atoms with Gasteiger partial charge < -0.3 is 9.64 Å². The molecule has 0 aliphatic carbocycles. The molecule has 0 amide bonds. The summed E-state index contributed by atoms with van der Waals surface area (Å²) in [5, 5.41) is 17.1. The number of rotatable bonds is 7. The summed E-state index contributed by atoms with van der Waals surface area (Å²) >= 11 is 0. The average molecular weight is 442 g/mol. The molecule has 0 spiro atoms. The van der Waals surface area contributed by atoms with Crippen molar-refractivity contribution in [3.05, 3.63) is 78.4 Å². The summed E-state index contributed by atoms with van der Waals surface area (Å²) in [4.78, 5) is 14.1. The monoisotopic (exact) mass is 441 g/mol. The fraction of sp³-hybridized carbons (Fsp3) is 0.269. The predicted octanol–water partition coefficient (Wildman–Crippen LogP) is 7.68. The van der Waals surface area contributed by atoms with E-state index in [2.05, 4.69) is 37.5 Å². The molecule has 0 unspecified atom stereocenters. The second-order valence-electron chi connectivity index (χ2n) is 7.75. The lowest BCUT2D eigenvalue weighted by Gasteiger charge is -2.28. The van der Waals surface area contributed by atoms with Gasteiger partial charge in [-0.05, 0) is 99.0 Å². The van der Waals surface area contributed by atoms with E-state index in [0.717, 1.165) is 24.5 Å². The van der Waals surface area contributed by atoms with Crippen molar-refractivity contribution in [3.8, 4) is 0 Å². The molecule has 3 aromatic rings. The molecule has 0 atom stereocenters. The summed E-state index contributed by atoms with van der Waals surface area (Å²) in [5.41, 5.74) is 4.67. The lowest BCUT2D eigenvalue weighted by Crippen LogP contribution is -2.29. The second kappa shape index (κ2) is 11.1. The Bertz CT molecular complexity index is 1100. The Morgan fingerprint density at radius 1 is 0.697 bits per heavy atom. The van der Waals surface area contributed by atoms with Crippen LogP contribution in [0, 0.1) is 0 Å². The number of piperidine rings is 1. The van der Waals surface area contributed by atoms with Gasteiger partial charge in [0.2, 0.25) is 0 Å². The topological polar surface area (TPSA) is 79.0 Å². The number of carbonyl (C=O) groups excluding carboxylic acids is 1. The van der Waals surface area contributed by atoms with Crippen LogP contribution in [0.1, 0.15) is 36.5 Å². The van der Waals surface area contributed by atoms with Crippen LogP contribution in [-0.2, 0) is 4.74 Å².